The minimum atomic E-state index is -0.192. The number of thiazole rings is 2. The van der Waals surface area contributed by atoms with E-state index in [4.69, 9.17) is 40.3 Å². The lowest BCUT2D eigenvalue weighted by molar-refractivity contribution is -0.146. The lowest BCUT2D eigenvalue weighted by Gasteiger charge is -2.31. The summed E-state index contributed by atoms with van der Waals surface area (Å²) in [7, 11) is 9.23. The lowest BCUT2D eigenvalue weighted by Crippen LogP contribution is -2.40. The number of hydrogen-bond acceptors (Lipinski definition) is 20. The Balaban J connectivity index is 0.000000173. The fourth-order valence-electron chi connectivity index (χ4n) is 6.64. The highest BCUT2D eigenvalue weighted by Crippen LogP contribution is 2.35. The molecule has 2 aliphatic heterocycles. The van der Waals surface area contributed by atoms with E-state index in [1.807, 2.05) is 41.3 Å². The smallest absolute Gasteiger partial charge is 0.310 e. The summed E-state index contributed by atoms with van der Waals surface area (Å²) in [4.78, 5) is 52.8. The van der Waals surface area contributed by atoms with Gasteiger partial charge in [-0.15, -0.1) is 22.7 Å². The average molecular weight is 895 g/mol. The van der Waals surface area contributed by atoms with Crippen LogP contribution in [0, 0.1) is 11.8 Å². The summed E-state index contributed by atoms with van der Waals surface area (Å²) in [6, 6.07) is 11.0. The van der Waals surface area contributed by atoms with Gasteiger partial charge in [0.15, 0.2) is 44.3 Å². The van der Waals surface area contributed by atoms with Crippen molar-refractivity contribution in [3.8, 4) is 23.0 Å². The number of carbonyl (C=O) groups is 2. The van der Waals surface area contributed by atoms with Crippen molar-refractivity contribution in [2.45, 2.75) is 25.7 Å². The summed E-state index contributed by atoms with van der Waals surface area (Å²) >= 11 is 8.78. The van der Waals surface area contributed by atoms with Crippen LogP contribution in [0.4, 0.5) is 29.0 Å². The molecule has 0 aliphatic carbocycles. The van der Waals surface area contributed by atoms with Gasteiger partial charge in [-0.05, 0) is 68.1 Å². The number of fused-ring (bicyclic) bond motifs is 2. The number of anilines is 5. The molecule has 0 bridgehead atoms. The number of benzene rings is 2. The molecule has 21 heteroatoms. The molecule has 0 radical (unpaired) electrons. The monoisotopic (exact) mass is 894 g/mol. The van der Waals surface area contributed by atoms with Gasteiger partial charge in [-0.2, -0.15) is 15.0 Å². The fraction of sp³-hybridized carbons (Fsp3) is 0.400. The molecule has 0 spiro atoms. The molecule has 61 heavy (non-hydrogen) atoms. The van der Waals surface area contributed by atoms with E-state index < -0.39 is 0 Å². The Morgan fingerprint density at radius 1 is 0.705 bits per heavy atom. The standard InChI is InChI=1S/C20H23N5O4S.C13H11ClN4O2S.C7H13NO2/c1-27-14-7-6-13(9-15(14)28-2)22-17-16-18(30-11-21-16)24-20(23-17)25-8-4-5-12(10-25)19(26)29-3;1-19-8-4-3-7(5-9(8)20-2)16-11-10-12(21-6-15-10)18-13(14)17-11;1-10-7(9)6-3-2-4-8-5-6/h6-7,9,11-12H,4-5,8,10H2,1-3H3,(H,22,23,24);3-6H,1-2H3,(H,16,17,18);6,8H,2-5H2,1H3. The van der Waals surface area contributed by atoms with Gasteiger partial charge in [0.1, 0.15) is 11.0 Å². The van der Waals surface area contributed by atoms with Crippen molar-refractivity contribution in [1.82, 2.24) is 35.2 Å². The summed E-state index contributed by atoms with van der Waals surface area (Å²) in [6.45, 7) is 3.14. The molecule has 6 aromatic rings. The molecule has 6 heterocycles. The molecule has 2 saturated heterocycles. The number of piperidine rings is 2. The van der Waals surface area contributed by atoms with Gasteiger partial charge < -0.3 is 49.3 Å². The first-order chi connectivity index (χ1) is 29.7. The van der Waals surface area contributed by atoms with Crippen LogP contribution in [0.3, 0.4) is 0 Å². The highest BCUT2D eigenvalue weighted by atomic mass is 35.5. The summed E-state index contributed by atoms with van der Waals surface area (Å²) < 4.78 is 30.7. The first-order valence-corrected chi connectivity index (χ1v) is 21.3. The predicted molar refractivity (Wildman–Crippen MR) is 236 cm³/mol. The Bertz CT molecular complexity index is 2410. The first kappa shape index (κ1) is 44.7. The van der Waals surface area contributed by atoms with Crippen molar-refractivity contribution < 1.29 is 38.0 Å². The quantitative estimate of drug-likeness (QED) is 0.0894. The van der Waals surface area contributed by atoms with E-state index in [0.717, 1.165) is 66.4 Å². The number of ether oxygens (including phenoxy) is 6. The van der Waals surface area contributed by atoms with Crippen LogP contribution in [0.2, 0.25) is 5.28 Å². The maximum Gasteiger partial charge on any atom is 0.310 e. The zero-order chi connectivity index (χ0) is 43.3. The zero-order valence-corrected chi connectivity index (χ0v) is 36.9. The van der Waals surface area contributed by atoms with Crippen LogP contribution in [-0.4, -0.2) is 111 Å². The minimum absolute atomic E-state index is 0.0767. The van der Waals surface area contributed by atoms with E-state index in [0.29, 0.717) is 58.2 Å². The summed E-state index contributed by atoms with van der Waals surface area (Å²) in [6.07, 6.45) is 3.74. The van der Waals surface area contributed by atoms with Crippen molar-refractivity contribution in [3.05, 3.63) is 52.7 Å². The molecular weight excluding hydrogens is 848 g/mol. The van der Waals surface area contributed by atoms with E-state index in [1.165, 1.54) is 36.9 Å². The van der Waals surface area contributed by atoms with Crippen molar-refractivity contribution in [1.29, 1.82) is 0 Å². The number of aromatic nitrogens is 6. The maximum atomic E-state index is 12.0. The molecular formula is C40H47ClN10O8S2. The molecule has 18 nitrogen and oxygen atoms in total. The number of esters is 2. The van der Waals surface area contributed by atoms with Gasteiger partial charge in [-0.25, -0.2) is 15.0 Å². The van der Waals surface area contributed by atoms with Crippen LogP contribution in [0.5, 0.6) is 23.0 Å². The highest BCUT2D eigenvalue weighted by molar-refractivity contribution is 7.16. The van der Waals surface area contributed by atoms with Crippen LogP contribution in [0.15, 0.2) is 47.4 Å². The van der Waals surface area contributed by atoms with Gasteiger partial charge in [0.25, 0.3) is 0 Å². The number of halogens is 1. The van der Waals surface area contributed by atoms with Gasteiger partial charge in [0.2, 0.25) is 11.2 Å². The second-order valence-corrected chi connectivity index (χ2v) is 15.5. The average Bonchev–Trinajstić information content (AvgIpc) is 4.00. The van der Waals surface area contributed by atoms with Crippen molar-refractivity contribution >= 4 is 95.9 Å². The zero-order valence-electron chi connectivity index (χ0n) is 34.5. The Morgan fingerprint density at radius 2 is 1.25 bits per heavy atom. The van der Waals surface area contributed by atoms with E-state index >= 15 is 0 Å². The van der Waals surface area contributed by atoms with Gasteiger partial charge in [-0.3, -0.25) is 9.59 Å². The predicted octanol–water partition coefficient (Wildman–Crippen LogP) is 6.90. The van der Waals surface area contributed by atoms with Crippen LogP contribution >= 0.6 is 34.3 Å². The van der Waals surface area contributed by atoms with Crippen molar-refractivity contribution in [2.75, 3.05) is 84.4 Å². The summed E-state index contributed by atoms with van der Waals surface area (Å²) in [5.41, 5.74) is 6.40. The third-order valence-electron chi connectivity index (χ3n) is 9.72. The molecule has 324 valence electrons. The topological polar surface area (TPSA) is 206 Å². The van der Waals surface area contributed by atoms with Crippen LogP contribution in [0.25, 0.3) is 20.7 Å². The van der Waals surface area contributed by atoms with Crippen LogP contribution in [0.1, 0.15) is 25.7 Å². The second-order valence-electron chi connectivity index (χ2n) is 13.5. The Labute approximate surface area is 365 Å². The van der Waals surface area contributed by atoms with E-state index in [9.17, 15) is 9.59 Å². The maximum absolute atomic E-state index is 12.0. The molecule has 8 rings (SSSR count). The number of methoxy groups -OCH3 is 6. The minimum Gasteiger partial charge on any atom is -0.493 e. The third kappa shape index (κ3) is 11.3. The second kappa shape index (κ2) is 21.6. The van der Waals surface area contributed by atoms with Gasteiger partial charge in [0.05, 0.1) is 65.5 Å². The summed E-state index contributed by atoms with van der Waals surface area (Å²) in [5.74, 6) is 3.92. The Kier molecular flexibility index (Phi) is 15.8. The molecule has 2 aliphatic rings. The normalized spacial score (nSPS) is 16.0. The molecule has 2 fully saturated rings. The number of carbonyl (C=O) groups excluding carboxylic acids is 2. The van der Waals surface area contributed by atoms with Crippen LogP contribution < -0.4 is 39.8 Å². The summed E-state index contributed by atoms with van der Waals surface area (Å²) in [5, 5.41) is 9.82. The third-order valence-corrected chi connectivity index (χ3v) is 11.3. The highest BCUT2D eigenvalue weighted by Gasteiger charge is 2.29. The van der Waals surface area contributed by atoms with Gasteiger partial charge in [-0.1, -0.05) is 0 Å². The Morgan fingerprint density at radius 3 is 1.79 bits per heavy atom. The van der Waals surface area contributed by atoms with E-state index in [-0.39, 0.29) is 29.1 Å². The van der Waals surface area contributed by atoms with Crippen LogP contribution in [-0.2, 0) is 19.1 Å². The SMILES string of the molecule is COC(=O)C1CCCN(c2nc(Nc3ccc(OC)c(OC)c3)c3ncsc3n2)C1.COC(=O)C1CCCNC1.COc1ccc(Nc2nc(Cl)nc3scnc23)cc1OC. The molecule has 0 saturated carbocycles. The molecule has 2 aromatic carbocycles. The van der Waals surface area contributed by atoms with Crippen molar-refractivity contribution in [3.63, 3.8) is 0 Å². The first-order valence-electron chi connectivity index (χ1n) is 19.2. The van der Waals surface area contributed by atoms with E-state index in [2.05, 4.69) is 45.6 Å². The van der Waals surface area contributed by atoms with Gasteiger partial charge >= 0.3 is 11.9 Å². The van der Waals surface area contributed by atoms with Gasteiger partial charge in [0, 0.05) is 43.1 Å². The molecule has 3 N–H and O–H groups in total. The van der Waals surface area contributed by atoms with E-state index in [1.54, 1.807) is 39.5 Å². The number of nitrogens with one attached hydrogen (secondary N) is 3. The Hall–Kier alpha value is -5.83. The molecule has 0 amide bonds. The number of hydrogen-bond donors (Lipinski definition) is 3. The lowest BCUT2D eigenvalue weighted by atomic mass is 9.98. The largest absolute Gasteiger partial charge is 0.493 e. The van der Waals surface area contributed by atoms with Crippen molar-refractivity contribution in [2.24, 2.45) is 11.8 Å². The molecule has 4 aromatic heterocycles. The fourth-order valence-corrected chi connectivity index (χ4v) is 8.17. The number of nitrogens with zero attached hydrogens (tertiary/aromatic N) is 7. The number of rotatable bonds is 11. The molecule has 2 unspecified atom stereocenters. The molecule has 2 atom stereocenters.